The van der Waals surface area contributed by atoms with Gasteiger partial charge in [0.2, 0.25) is 5.91 Å². The molecule has 102 valence electrons. The van der Waals surface area contributed by atoms with E-state index in [0.717, 1.165) is 32.4 Å². The van der Waals surface area contributed by atoms with Crippen molar-refractivity contribution in [2.24, 2.45) is 17.1 Å². The maximum atomic E-state index is 12.5. The van der Waals surface area contributed by atoms with E-state index in [4.69, 9.17) is 5.73 Å². The van der Waals surface area contributed by atoms with Crippen LogP contribution in [-0.2, 0) is 4.79 Å². The average molecular weight is 263 g/mol. The lowest BCUT2D eigenvalue weighted by atomic mass is 9.81. The fourth-order valence-corrected chi connectivity index (χ4v) is 2.61. The maximum Gasteiger partial charge on any atom is 0.230 e. The molecule has 3 nitrogen and oxygen atoms in total. The molecule has 0 aromatic carbocycles. The number of nitrogens with two attached hydrogens (primary N) is 1. The zero-order chi connectivity index (χ0) is 12.2. The van der Waals surface area contributed by atoms with Gasteiger partial charge >= 0.3 is 0 Å². The van der Waals surface area contributed by atoms with Gasteiger partial charge in [-0.3, -0.25) is 4.79 Å². The second-order valence-corrected chi connectivity index (χ2v) is 5.01. The second-order valence-electron chi connectivity index (χ2n) is 5.01. The third-order valence-corrected chi connectivity index (χ3v) is 4.35. The quantitative estimate of drug-likeness (QED) is 0.827. The van der Waals surface area contributed by atoms with E-state index in [1.54, 1.807) is 0 Å². The van der Waals surface area contributed by atoms with Gasteiger partial charge in [0.1, 0.15) is 0 Å². The molecule has 17 heavy (non-hydrogen) atoms. The molecule has 0 spiro atoms. The van der Waals surface area contributed by atoms with Crippen molar-refractivity contribution in [2.45, 2.75) is 46.5 Å². The van der Waals surface area contributed by atoms with Gasteiger partial charge in [0, 0.05) is 19.6 Å². The van der Waals surface area contributed by atoms with Crippen molar-refractivity contribution < 1.29 is 4.79 Å². The Morgan fingerprint density at radius 1 is 1.35 bits per heavy atom. The molecular weight excluding hydrogens is 236 g/mol. The predicted molar refractivity (Wildman–Crippen MR) is 74.3 cm³/mol. The van der Waals surface area contributed by atoms with E-state index in [1.165, 1.54) is 6.42 Å². The summed E-state index contributed by atoms with van der Waals surface area (Å²) in [5.41, 5.74) is 5.51. The van der Waals surface area contributed by atoms with Gasteiger partial charge in [-0.25, -0.2) is 0 Å². The molecule has 1 atom stereocenters. The van der Waals surface area contributed by atoms with Crippen molar-refractivity contribution in [3.05, 3.63) is 0 Å². The standard InChI is InChI=1S/C13H26N2O.ClH/c1-4-11-7-8-15(9-11)12(16)13(5-2,6-3)10-14;/h11H,4-10,14H2,1-3H3;1H. The number of amides is 1. The van der Waals surface area contributed by atoms with Crippen molar-refractivity contribution in [1.82, 2.24) is 4.90 Å². The summed E-state index contributed by atoms with van der Waals surface area (Å²) in [4.78, 5) is 14.5. The van der Waals surface area contributed by atoms with E-state index in [-0.39, 0.29) is 23.7 Å². The number of rotatable bonds is 5. The molecule has 0 aliphatic carbocycles. The molecule has 2 N–H and O–H groups in total. The summed E-state index contributed by atoms with van der Waals surface area (Å²) in [6, 6.07) is 0. The maximum absolute atomic E-state index is 12.5. The first-order valence-corrected chi connectivity index (χ1v) is 6.63. The van der Waals surface area contributed by atoms with Crippen LogP contribution in [0.5, 0.6) is 0 Å². The molecule has 1 rings (SSSR count). The van der Waals surface area contributed by atoms with Gasteiger partial charge in [0.25, 0.3) is 0 Å². The van der Waals surface area contributed by atoms with E-state index in [1.807, 2.05) is 4.90 Å². The SMILES string of the molecule is CCC1CCN(C(=O)C(CC)(CC)CN)C1.Cl. The molecular formula is C13H27ClN2O. The summed E-state index contributed by atoms with van der Waals surface area (Å²) in [7, 11) is 0. The van der Waals surface area contributed by atoms with Crippen LogP contribution in [0.2, 0.25) is 0 Å². The fraction of sp³-hybridized carbons (Fsp3) is 0.923. The second kappa shape index (κ2) is 7.22. The molecule has 1 unspecified atom stereocenters. The van der Waals surface area contributed by atoms with Gasteiger partial charge in [0.05, 0.1) is 5.41 Å². The molecule has 1 aliphatic heterocycles. The molecule has 1 amide bonds. The Hall–Kier alpha value is -0.280. The first-order valence-electron chi connectivity index (χ1n) is 6.63. The highest BCUT2D eigenvalue weighted by Gasteiger charge is 2.38. The van der Waals surface area contributed by atoms with Gasteiger partial charge in [-0.1, -0.05) is 27.2 Å². The normalized spacial score (nSPS) is 20.2. The van der Waals surface area contributed by atoms with Crippen LogP contribution in [-0.4, -0.2) is 30.4 Å². The third kappa shape index (κ3) is 3.35. The van der Waals surface area contributed by atoms with E-state index >= 15 is 0 Å². The van der Waals surface area contributed by atoms with Gasteiger partial charge in [-0.2, -0.15) is 0 Å². The van der Waals surface area contributed by atoms with Crippen molar-refractivity contribution >= 4 is 18.3 Å². The first-order chi connectivity index (χ1) is 7.63. The van der Waals surface area contributed by atoms with E-state index in [0.29, 0.717) is 12.5 Å². The molecule has 0 radical (unpaired) electrons. The monoisotopic (exact) mass is 262 g/mol. The summed E-state index contributed by atoms with van der Waals surface area (Å²) < 4.78 is 0. The van der Waals surface area contributed by atoms with E-state index in [9.17, 15) is 4.79 Å². The number of nitrogens with zero attached hydrogens (tertiary/aromatic N) is 1. The van der Waals surface area contributed by atoms with Gasteiger partial charge in [0.15, 0.2) is 0 Å². The van der Waals surface area contributed by atoms with Crippen LogP contribution in [0, 0.1) is 11.3 Å². The smallest absolute Gasteiger partial charge is 0.230 e. The molecule has 0 bridgehead atoms. The summed E-state index contributed by atoms with van der Waals surface area (Å²) in [5.74, 6) is 0.990. The molecule has 1 heterocycles. The number of carbonyl (C=O) groups excluding carboxylic acids is 1. The lowest BCUT2D eigenvalue weighted by Gasteiger charge is -2.33. The van der Waals surface area contributed by atoms with Crippen molar-refractivity contribution in [2.75, 3.05) is 19.6 Å². The Bertz CT molecular complexity index is 233. The van der Waals surface area contributed by atoms with Crippen LogP contribution in [0.25, 0.3) is 0 Å². The minimum absolute atomic E-state index is 0. The van der Waals surface area contributed by atoms with Crippen LogP contribution in [0.4, 0.5) is 0 Å². The Balaban J connectivity index is 0.00000256. The Labute approximate surface area is 112 Å². The number of hydrogen-bond donors (Lipinski definition) is 1. The highest BCUT2D eigenvalue weighted by Crippen LogP contribution is 2.31. The Kier molecular flexibility index (Phi) is 7.10. The molecule has 1 aliphatic rings. The van der Waals surface area contributed by atoms with Crippen LogP contribution in [0.3, 0.4) is 0 Å². The number of carbonyl (C=O) groups is 1. The van der Waals surface area contributed by atoms with E-state index < -0.39 is 0 Å². The minimum atomic E-state index is -0.303. The van der Waals surface area contributed by atoms with Crippen LogP contribution in [0.15, 0.2) is 0 Å². The summed E-state index contributed by atoms with van der Waals surface area (Å²) in [6.07, 6.45) is 4.05. The minimum Gasteiger partial charge on any atom is -0.342 e. The highest BCUT2D eigenvalue weighted by atomic mass is 35.5. The molecule has 0 aromatic heterocycles. The zero-order valence-electron chi connectivity index (χ0n) is 11.4. The van der Waals surface area contributed by atoms with Gasteiger partial charge < -0.3 is 10.6 Å². The first kappa shape index (κ1) is 16.7. The fourth-order valence-electron chi connectivity index (χ4n) is 2.61. The van der Waals surface area contributed by atoms with Crippen LogP contribution >= 0.6 is 12.4 Å². The molecule has 0 saturated carbocycles. The number of likely N-dealkylation sites (tertiary alicyclic amines) is 1. The summed E-state index contributed by atoms with van der Waals surface area (Å²) in [6.45, 7) is 8.69. The Morgan fingerprint density at radius 2 is 1.94 bits per heavy atom. The summed E-state index contributed by atoms with van der Waals surface area (Å²) in [5, 5.41) is 0. The topological polar surface area (TPSA) is 46.3 Å². The van der Waals surface area contributed by atoms with E-state index in [2.05, 4.69) is 20.8 Å². The van der Waals surface area contributed by atoms with Crippen LogP contribution in [0.1, 0.15) is 46.5 Å². The largest absolute Gasteiger partial charge is 0.342 e. The molecule has 0 aromatic rings. The van der Waals surface area contributed by atoms with Crippen molar-refractivity contribution in [1.29, 1.82) is 0 Å². The number of halogens is 1. The predicted octanol–water partition coefficient (Wildman–Crippen LogP) is 2.43. The van der Waals surface area contributed by atoms with Crippen molar-refractivity contribution in [3.63, 3.8) is 0 Å². The van der Waals surface area contributed by atoms with Crippen LogP contribution < -0.4 is 5.73 Å². The third-order valence-electron chi connectivity index (χ3n) is 4.35. The molecule has 4 heteroatoms. The van der Waals surface area contributed by atoms with Gasteiger partial charge in [-0.05, 0) is 25.2 Å². The average Bonchev–Trinajstić information content (AvgIpc) is 2.80. The van der Waals surface area contributed by atoms with Crippen molar-refractivity contribution in [3.8, 4) is 0 Å². The molecule has 1 saturated heterocycles. The zero-order valence-corrected chi connectivity index (χ0v) is 12.2. The lowest BCUT2D eigenvalue weighted by Crippen LogP contribution is -2.46. The van der Waals surface area contributed by atoms with Gasteiger partial charge in [-0.15, -0.1) is 12.4 Å². The Morgan fingerprint density at radius 3 is 2.29 bits per heavy atom. The number of hydrogen-bond acceptors (Lipinski definition) is 2. The molecule has 1 fully saturated rings. The summed E-state index contributed by atoms with van der Waals surface area (Å²) >= 11 is 0. The highest BCUT2D eigenvalue weighted by molar-refractivity contribution is 5.85. The lowest BCUT2D eigenvalue weighted by molar-refractivity contribution is -0.141.